The van der Waals surface area contributed by atoms with E-state index in [0.29, 0.717) is 6.42 Å². The number of halogens is 1. The summed E-state index contributed by atoms with van der Waals surface area (Å²) in [5, 5.41) is 12.0. The summed E-state index contributed by atoms with van der Waals surface area (Å²) in [5.41, 5.74) is 1.28. The second-order valence-corrected chi connectivity index (χ2v) is 5.07. The van der Waals surface area contributed by atoms with Crippen molar-refractivity contribution in [1.82, 2.24) is 5.32 Å². The van der Waals surface area contributed by atoms with E-state index in [9.17, 15) is 4.79 Å². The lowest BCUT2D eigenvalue weighted by Gasteiger charge is -2.07. The Labute approximate surface area is 110 Å². The Bertz CT molecular complexity index is 351. The third-order valence-electron chi connectivity index (χ3n) is 2.68. The van der Waals surface area contributed by atoms with Crippen molar-refractivity contribution in [3.8, 4) is 0 Å². The summed E-state index contributed by atoms with van der Waals surface area (Å²) in [6.45, 7) is 3.37. The number of carboxylic acids is 1. The van der Waals surface area contributed by atoms with Crippen molar-refractivity contribution in [3.63, 3.8) is 0 Å². The molecule has 0 saturated carbocycles. The molecule has 2 N–H and O–H groups in total. The number of carboxylic acid groups (broad SMARTS) is 1. The van der Waals surface area contributed by atoms with Gasteiger partial charge in [0.2, 0.25) is 0 Å². The molecule has 4 heteroatoms. The van der Waals surface area contributed by atoms with Gasteiger partial charge < -0.3 is 10.4 Å². The van der Waals surface area contributed by atoms with Gasteiger partial charge in [-0.2, -0.15) is 0 Å². The molecule has 0 fully saturated rings. The van der Waals surface area contributed by atoms with E-state index < -0.39 is 5.97 Å². The first kappa shape index (κ1) is 14.2. The summed E-state index contributed by atoms with van der Waals surface area (Å²) in [7, 11) is 0. The first-order valence-electron chi connectivity index (χ1n) is 5.77. The number of carbonyl (C=O) groups is 1. The molecule has 0 aliphatic heterocycles. The van der Waals surface area contributed by atoms with Crippen LogP contribution in [0.4, 0.5) is 0 Å². The van der Waals surface area contributed by atoms with Crippen LogP contribution in [0.1, 0.15) is 18.9 Å². The molecule has 0 amide bonds. The monoisotopic (exact) mass is 299 g/mol. The van der Waals surface area contributed by atoms with Crippen LogP contribution in [-0.2, 0) is 11.2 Å². The predicted octanol–water partition coefficient (Wildman–Crippen LogP) is 2.69. The van der Waals surface area contributed by atoms with Crippen molar-refractivity contribution in [2.75, 3.05) is 13.1 Å². The number of rotatable bonds is 7. The summed E-state index contributed by atoms with van der Waals surface area (Å²) >= 11 is 3.40. The van der Waals surface area contributed by atoms with Gasteiger partial charge in [0.05, 0.1) is 5.92 Å². The summed E-state index contributed by atoms with van der Waals surface area (Å²) < 4.78 is 1.09. The molecule has 3 nitrogen and oxygen atoms in total. The van der Waals surface area contributed by atoms with Gasteiger partial charge in [0, 0.05) is 4.47 Å². The number of nitrogens with one attached hydrogen (secondary N) is 1. The predicted molar refractivity (Wildman–Crippen MR) is 72.1 cm³/mol. The topological polar surface area (TPSA) is 49.3 Å². The Morgan fingerprint density at radius 3 is 2.59 bits per heavy atom. The Kier molecular flexibility index (Phi) is 6.22. The van der Waals surface area contributed by atoms with E-state index in [0.717, 1.165) is 24.0 Å². The average molecular weight is 300 g/mol. The summed E-state index contributed by atoms with van der Waals surface area (Å²) in [6.07, 6.45) is 1.64. The maximum absolute atomic E-state index is 10.6. The minimum atomic E-state index is -0.722. The van der Waals surface area contributed by atoms with E-state index in [1.165, 1.54) is 5.56 Å². The SMILES string of the molecule is CC(CCNCCc1ccc(Br)cc1)C(=O)O. The van der Waals surface area contributed by atoms with Crippen LogP contribution in [0.5, 0.6) is 0 Å². The van der Waals surface area contributed by atoms with Crippen LogP contribution in [-0.4, -0.2) is 24.2 Å². The molecule has 0 aromatic heterocycles. The fraction of sp³-hybridized carbons (Fsp3) is 0.462. The second kappa shape index (κ2) is 7.45. The van der Waals surface area contributed by atoms with Gasteiger partial charge in [-0.3, -0.25) is 4.79 Å². The van der Waals surface area contributed by atoms with E-state index >= 15 is 0 Å². The molecule has 1 aromatic rings. The van der Waals surface area contributed by atoms with Gasteiger partial charge in [0.15, 0.2) is 0 Å². The van der Waals surface area contributed by atoms with Crippen molar-refractivity contribution >= 4 is 21.9 Å². The molecule has 1 unspecified atom stereocenters. The van der Waals surface area contributed by atoms with E-state index in [4.69, 9.17) is 5.11 Å². The molecule has 0 spiro atoms. The normalized spacial score (nSPS) is 12.4. The highest BCUT2D eigenvalue weighted by Gasteiger charge is 2.09. The lowest BCUT2D eigenvalue weighted by atomic mass is 10.1. The standard InChI is InChI=1S/C13H18BrNO2/c1-10(13(16)17)6-8-15-9-7-11-2-4-12(14)5-3-11/h2-5,10,15H,6-9H2,1H3,(H,16,17). The van der Waals surface area contributed by atoms with Gasteiger partial charge >= 0.3 is 5.97 Å². The largest absolute Gasteiger partial charge is 0.481 e. The molecule has 1 atom stereocenters. The fourth-order valence-electron chi connectivity index (χ4n) is 1.45. The zero-order chi connectivity index (χ0) is 12.7. The summed E-state index contributed by atoms with van der Waals surface area (Å²) in [6, 6.07) is 8.24. The number of aliphatic carboxylic acids is 1. The van der Waals surface area contributed by atoms with Crippen LogP contribution in [0.2, 0.25) is 0 Å². The fourth-order valence-corrected chi connectivity index (χ4v) is 1.72. The molecule has 1 rings (SSSR count). The zero-order valence-corrected chi connectivity index (χ0v) is 11.5. The molecule has 0 radical (unpaired) electrons. The highest BCUT2D eigenvalue weighted by molar-refractivity contribution is 9.10. The van der Waals surface area contributed by atoms with E-state index in [2.05, 4.69) is 33.4 Å². The van der Waals surface area contributed by atoms with Crippen molar-refractivity contribution in [2.45, 2.75) is 19.8 Å². The van der Waals surface area contributed by atoms with Gasteiger partial charge in [0.25, 0.3) is 0 Å². The van der Waals surface area contributed by atoms with Crippen molar-refractivity contribution in [2.24, 2.45) is 5.92 Å². The van der Waals surface area contributed by atoms with Gasteiger partial charge in [-0.1, -0.05) is 35.0 Å². The molecule has 1 aromatic carbocycles. The van der Waals surface area contributed by atoms with E-state index in [-0.39, 0.29) is 5.92 Å². The van der Waals surface area contributed by atoms with Crippen molar-refractivity contribution in [1.29, 1.82) is 0 Å². The van der Waals surface area contributed by atoms with Crippen molar-refractivity contribution < 1.29 is 9.90 Å². The Morgan fingerprint density at radius 2 is 2.00 bits per heavy atom. The summed E-state index contributed by atoms with van der Waals surface area (Å²) in [5.74, 6) is -0.991. The molecule has 0 saturated heterocycles. The maximum atomic E-state index is 10.6. The van der Waals surface area contributed by atoms with Gasteiger partial charge in [-0.25, -0.2) is 0 Å². The van der Waals surface area contributed by atoms with E-state index in [1.807, 2.05) is 12.1 Å². The molecule has 94 valence electrons. The Hall–Kier alpha value is -0.870. The Morgan fingerprint density at radius 1 is 1.35 bits per heavy atom. The molecular weight excluding hydrogens is 282 g/mol. The minimum absolute atomic E-state index is 0.268. The second-order valence-electron chi connectivity index (χ2n) is 4.15. The zero-order valence-electron chi connectivity index (χ0n) is 9.95. The van der Waals surface area contributed by atoms with E-state index in [1.54, 1.807) is 6.92 Å². The van der Waals surface area contributed by atoms with Crippen LogP contribution >= 0.6 is 15.9 Å². The highest BCUT2D eigenvalue weighted by atomic mass is 79.9. The van der Waals surface area contributed by atoms with Gasteiger partial charge in [-0.05, 0) is 43.6 Å². The number of hydrogen-bond acceptors (Lipinski definition) is 2. The highest BCUT2D eigenvalue weighted by Crippen LogP contribution is 2.10. The maximum Gasteiger partial charge on any atom is 0.306 e. The quantitative estimate of drug-likeness (QED) is 0.761. The number of benzene rings is 1. The van der Waals surface area contributed by atoms with Gasteiger partial charge in [-0.15, -0.1) is 0 Å². The van der Waals surface area contributed by atoms with Crippen molar-refractivity contribution in [3.05, 3.63) is 34.3 Å². The van der Waals surface area contributed by atoms with Crippen LogP contribution in [0, 0.1) is 5.92 Å². The number of hydrogen-bond donors (Lipinski definition) is 2. The molecule has 0 heterocycles. The molecule has 0 aliphatic rings. The molecule has 17 heavy (non-hydrogen) atoms. The lowest BCUT2D eigenvalue weighted by Crippen LogP contribution is -2.22. The third-order valence-corrected chi connectivity index (χ3v) is 3.21. The van der Waals surface area contributed by atoms with Gasteiger partial charge in [0.1, 0.15) is 0 Å². The minimum Gasteiger partial charge on any atom is -0.481 e. The molecular formula is C13H18BrNO2. The Balaban J connectivity index is 2.12. The van der Waals surface area contributed by atoms with Crippen LogP contribution in [0.15, 0.2) is 28.7 Å². The smallest absolute Gasteiger partial charge is 0.306 e. The first-order valence-corrected chi connectivity index (χ1v) is 6.57. The molecule has 0 aliphatic carbocycles. The first-order chi connectivity index (χ1) is 8.09. The van der Waals surface area contributed by atoms with Crippen LogP contribution < -0.4 is 5.32 Å². The third kappa shape index (κ3) is 5.84. The molecule has 0 bridgehead atoms. The average Bonchev–Trinajstić information content (AvgIpc) is 2.30. The van der Waals surface area contributed by atoms with Crippen LogP contribution in [0.3, 0.4) is 0 Å². The lowest BCUT2D eigenvalue weighted by molar-refractivity contribution is -0.141. The van der Waals surface area contributed by atoms with Crippen LogP contribution in [0.25, 0.3) is 0 Å². The summed E-state index contributed by atoms with van der Waals surface area (Å²) in [4.78, 5) is 10.6.